The maximum atomic E-state index is 12.6. The summed E-state index contributed by atoms with van der Waals surface area (Å²) in [5, 5.41) is 1.37. The summed E-state index contributed by atoms with van der Waals surface area (Å²) in [4.78, 5) is 28.4. The van der Waals surface area contributed by atoms with E-state index in [9.17, 15) is 9.59 Å². The highest BCUT2D eigenvalue weighted by Crippen LogP contribution is 2.44. The lowest BCUT2D eigenvalue weighted by molar-refractivity contribution is -0.140. The average Bonchev–Trinajstić information content (AvgIpc) is 2.84. The van der Waals surface area contributed by atoms with Crippen LogP contribution in [0.1, 0.15) is 32.1 Å². The number of hydrogen-bond acceptors (Lipinski definition) is 3. The number of anilines is 1. The third-order valence-corrected chi connectivity index (χ3v) is 3.86. The summed E-state index contributed by atoms with van der Waals surface area (Å²) in [7, 11) is 0. The highest BCUT2D eigenvalue weighted by atomic mass is 16.2. The average molecular weight is 245 g/mol. The molecule has 1 aliphatic heterocycles. The van der Waals surface area contributed by atoms with Crippen LogP contribution in [0.5, 0.6) is 0 Å². The van der Waals surface area contributed by atoms with Crippen molar-refractivity contribution in [2.45, 2.75) is 32.1 Å². The van der Waals surface area contributed by atoms with Gasteiger partial charge in [0.25, 0.3) is 5.91 Å². The monoisotopic (exact) mass is 245 g/mol. The Hall–Kier alpha value is -1.91. The third-order valence-electron chi connectivity index (χ3n) is 3.86. The van der Waals surface area contributed by atoms with Gasteiger partial charge in [0.2, 0.25) is 5.91 Å². The molecule has 2 amide bonds. The Balaban J connectivity index is 1.95. The Morgan fingerprint density at radius 3 is 2.72 bits per heavy atom. The fourth-order valence-corrected chi connectivity index (χ4v) is 2.95. The van der Waals surface area contributed by atoms with Crippen LogP contribution in [0.15, 0.2) is 24.5 Å². The van der Waals surface area contributed by atoms with Crippen molar-refractivity contribution < 1.29 is 9.59 Å². The molecule has 0 aromatic carbocycles. The molecular formula is C13H15N3O2. The van der Waals surface area contributed by atoms with E-state index in [0.29, 0.717) is 12.1 Å². The summed E-state index contributed by atoms with van der Waals surface area (Å²) in [5.41, 5.74) is 2.79. The van der Waals surface area contributed by atoms with Crippen LogP contribution in [0.4, 0.5) is 5.69 Å². The Kier molecular flexibility index (Phi) is 2.54. The second-order valence-corrected chi connectivity index (χ2v) is 5.05. The second-order valence-electron chi connectivity index (χ2n) is 5.05. The molecule has 2 aliphatic rings. The molecule has 0 radical (unpaired) electrons. The Morgan fingerprint density at radius 1 is 1.28 bits per heavy atom. The van der Waals surface area contributed by atoms with Gasteiger partial charge in [0.1, 0.15) is 0 Å². The molecule has 94 valence electrons. The molecule has 0 atom stereocenters. The molecule has 0 bridgehead atoms. The number of amides is 2. The molecule has 0 unspecified atom stereocenters. The molecule has 2 fully saturated rings. The van der Waals surface area contributed by atoms with Gasteiger partial charge in [-0.25, -0.2) is 5.01 Å². The van der Waals surface area contributed by atoms with Crippen LogP contribution in [0.3, 0.4) is 0 Å². The summed E-state index contributed by atoms with van der Waals surface area (Å²) >= 11 is 0. The van der Waals surface area contributed by atoms with Gasteiger partial charge in [-0.15, -0.1) is 0 Å². The van der Waals surface area contributed by atoms with Crippen molar-refractivity contribution >= 4 is 17.5 Å². The zero-order chi connectivity index (χ0) is 12.6. The first-order valence-corrected chi connectivity index (χ1v) is 6.25. The SMILES string of the molecule is O=C1CC2(CCCC2)C(=O)N(c2cccnc2)N1. The lowest BCUT2D eigenvalue weighted by atomic mass is 9.80. The van der Waals surface area contributed by atoms with Crippen molar-refractivity contribution in [3.63, 3.8) is 0 Å². The maximum absolute atomic E-state index is 12.6. The van der Waals surface area contributed by atoms with E-state index in [2.05, 4.69) is 10.4 Å². The molecule has 18 heavy (non-hydrogen) atoms. The van der Waals surface area contributed by atoms with E-state index in [1.165, 1.54) is 5.01 Å². The second kappa shape index (κ2) is 4.08. The van der Waals surface area contributed by atoms with Gasteiger partial charge >= 0.3 is 0 Å². The van der Waals surface area contributed by atoms with Crippen LogP contribution < -0.4 is 10.4 Å². The minimum Gasteiger partial charge on any atom is -0.273 e. The van der Waals surface area contributed by atoms with E-state index in [1.54, 1.807) is 24.5 Å². The van der Waals surface area contributed by atoms with Crippen LogP contribution in [-0.2, 0) is 9.59 Å². The smallest absolute Gasteiger partial charge is 0.252 e. The van der Waals surface area contributed by atoms with Crippen molar-refractivity contribution in [1.29, 1.82) is 0 Å². The molecule has 5 nitrogen and oxygen atoms in total. The zero-order valence-corrected chi connectivity index (χ0v) is 10.1. The number of carbonyl (C=O) groups is 2. The van der Waals surface area contributed by atoms with Gasteiger partial charge in [-0.1, -0.05) is 12.8 Å². The first-order chi connectivity index (χ1) is 8.71. The molecule has 5 heteroatoms. The van der Waals surface area contributed by atoms with E-state index in [-0.39, 0.29) is 11.8 Å². The van der Waals surface area contributed by atoms with E-state index in [0.717, 1.165) is 25.7 Å². The van der Waals surface area contributed by atoms with Crippen molar-refractivity contribution in [3.05, 3.63) is 24.5 Å². The standard InChI is InChI=1S/C13H15N3O2/c17-11-8-13(5-1-2-6-13)12(18)16(15-11)10-4-3-7-14-9-10/h3-4,7,9H,1-2,5-6,8H2,(H,15,17). The Morgan fingerprint density at radius 2 is 2.06 bits per heavy atom. The van der Waals surface area contributed by atoms with Gasteiger partial charge in [0.15, 0.2) is 0 Å². The van der Waals surface area contributed by atoms with E-state index in [1.807, 2.05) is 0 Å². The third kappa shape index (κ3) is 1.66. The number of rotatable bonds is 1. The zero-order valence-electron chi connectivity index (χ0n) is 10.1. The fourth-order valence-electron chi connectivity index (χ4n) is 2.95. The van der Waals surface area contributed by atoms with Crippen molar-refractivity contribution in [3.8, 4) is 0 Å². The van der Waals surface area contributed by atoms with Gasteiger partial charge in [-0.2, -0.15) is 0 Å². The predicted octanol–water partition coefficient (Wildman–Crippen LogP) is 1.41. The summed E-state index contributed by atoms with van der Waals surface area (Å²) < 4.78 is 0. The Bertz CT molecular complexity index is 480. The minimum atomic E-state index is -0.474. The lowest BCUT2D eigenvalue weighted by Crippen LogP contribution is -2.58. The highest BCUT2D eigenvalue weighted by Gasteiger charge is 2.49. The summed E-state index contributed by atoms with van der Waals surface area (Å²) in [5.74, 6) is -0.0760. The maximum Gasteiger partial charge on any atom is 0.252 e. The van der Waals surface area contributed by atoms with E-state index >= 15 is 0 Å². The molecule has 1 aromatic rings. The number of hydrogen-bond donors (Lipinski definition) is 1. The molecule has 3 rings (SSSR count). The van der Waals surface area contributed by atoms with Crippen molar-refractivity contribution in [2.24, 2.45) is 5.41 Å². The number of aromatic nitrogens is 1. The summed E-state index contributed by atoms with van der Waals surface area (Å²) in [6, 6.07) is 3.53. The topological polar surface area (TPSA) is 62.3 Å². The number of nitrogens with zero attached hydrogens (tertiary/aromatic N) is 2. The minimum absolute atomic E-state index is 0.00704. The predicted molar refractivity (Wildman–Crippen MR) is 65.4 cm³/mol. The van der Waals surface area contributed by atoms with Crippen molar-refractivity contribution in [1.82, 2.24) is 10.4 Å². The summed E-state index contributed by atoms with van der Waals surface area (Å²) in [6.45, 7) is 0. The van der Waals surface area contributed by atoms with Crippen LogP contribution in [-0.4, -0.2) is 16.8 Å². The van der Waals surface area contributed by atoms with E-state index in [4.69, 9.17) is 0 Å². The van der Waals surface area contributed by atoms with Gasteiger partial charge < -0.3 is 0 Å². The molecular weight excluding hydrogens is 230 g/mol. The Labute approximate surface area is 105 Å². The van der Waals surface area contributed by atoms with E-state index < -0.39 is 5.41 Å². The highest BCUT2D eigenvalue weighted by molar-refractivity contribution is 6.05. The molecule has 1 saturated carbocycles. The van der Waals surface area contributed by atoms with Gasteiger partial charge in [-0.05, 0) is 25.0 Å². The summed E-state index contributed by atoms with van der Waals surface area (Å²) in [6.07, 6.45) is 7.24. The van der Waals surface area contributed by atoms with Gasteiger partial charge in [0.05, 0.1) is 17.3 Å². The molecule has 1 aromatic heterocycles. The number of carbonyl (C=O) groups excluding carboxylic acids is 2. The largest absolute Gasteiger partial charge is 0.273 e. The van der Waals surface area contributed by atoms with Crippen molar-refractivity contribution in [2.75, 3.05) is 5.01 Å². The number of nitrogens with one attached hydrogen (secondary N) is 1. The quantitative estimate of drug-likeness (QED) is 0.813. The lowest BCUT2D eigenvalue weighted by Gasteiger charge is -2.38. The normalized spacial score (nSPS) is 22.3. The van der Waals surface area contributed by atoms with Crippen LogP contribution in [0.25, 0.3) is 0 Å². The molecule has 1 spiro atoms. The van der Waals surface area contributed by atoms with Gasteiger partial charge in [-0.3, -0.25) is 20.0 Å². The first-order valence-electron chi connectivity index (χ1n) is 6.25. The van der Waals surface area contributed by atoms with Crippen LogP contribution in [0, 0.1) is 5.41 Å². The van der Waals surface area contributed by atoms with Gasteiger partial charge in [0, 0.05) is 12.6 Å². The fraction of sp³-hybridized carbons (Fsp3) is 0.462. The van der Waals surface area contributed by atoms with Crippen LogP contribution in [0.2, 0.25) is 0 Å². The number of pyridine rings is 1. The molecule has 1 saturated heterocycles. The number of hydrazine groups is 1. The first kappa shape index (κ1) is 11.2. The molecule has 1 aliphatic carbocycles. The van der Waals surface area contributed by atoms with Crippen LogP contribution >= 0.6 is 0 Å². The molecule has 2 heterocycles. The molecule has 1 N–H and O–H groups in total.